The van der Waals surface area contributed by atoms with Crippen LogP contribution in [0.1, 0.15) is 30.9 Å². The molecule has 0 aliphatic heterocycles. The van der Waals surface area contributed by atoms with Crippen LogP contribution in [0, 0.1) is 6.92 Å². The smallest absolute Gasteiger partial charge is 0.221 e. The van der Waals surface area contributed by atoms with Crippen molar-refractivity contribution in [1.82, 2.24) is 15.6 Å². The molecule has 1 amide bonds. The van der Waals surface area contributed by atoms with Gasteiger partial charge in [0.2, 0.25) is 11.8 Å². The summed E-state index contributed by atoms with van der Waals surface area (Å²) in [6, 6.07) is 0.446. The summed E-state index contributed by atoms with van der Waals surface area (Å²) in [5.74, 6) is 1.60. The molecule has 1 aliphatic rings. The molecule has 0 bridgehead atoms. The van der Waals surface area contributed by atoms with E-state index >= 15 is 0 Å². The van der Waals surface area contributed by atoms with E-state index in [4.69, 9.17) is 4.42 Å². The normalized spacial score (nSPS) is 15.1. The van der Waals surface area contributed by atoms with E-state index < -0.39 is 0 Å². The quantitative estimate of drug-likeness (QED) is 0.698. The minimum atomic E-state index is 0.124. The summed E-state index contributed by atoms with van der Waals surface area (Å²) >= 11 is 0. The van der Waals surface area contributed by atoms with Crippen LogP contribution >= 0.6 is 0 Å². The molecular weight excluding hydrogens is 206 g/mol. The van der Waals surface area contributed by atoms with Gasteiger partial charge in [0.05, 0.1) is 12.7 Å². The van der Waals surface area contributed by atoms with Crippen LogP contribution in [0.15, 0.2) is 10.6 Å². The summed E-state index contributed by atoms with van der Waals surface area (Å²) < 4.78 is 5.29. The Hall–Kier alpha value is -1.36. The summed E-state index contributed by atoms with van der Waals surface area (Å²) in [7, 11) is 0. The van der Waals surface area contributed by atoms with E-state index in [0.717, 1.165) is 18.6 Å². The fraction of sp³-hybridized carbons (Fsp3) is 0.636. The molecule has 88 valence electrons. The van der Waals surface area contributed by atoms with E-state index in [1.807, 2.05) is 6.92 Å². The lowest BCUT2D eigenvalue weighted by Gasteiger charge is -2.03. The summed E-state index contributed by atoms with van der Waals surface area (Å²) in [6.45, 7) is 3.09. The summed E-state index contributed by atoms with van der Waals surface area (Å²) in [6.07, 6.45) is 4.47. The number of hydrogen-bond acceptors (Lipinski definition) is 4. The van der Waals surface area contributed by atoms with Gasteiger partial charge in [-0.15, -0.1) is 0 Å². The first-order chi connectivity index (χ1) is 7.74. The Bertz CT molecular complexity index is 358. The molecule has 0 saturated heterocycles. The van der Waals surface area contributed by atoms with Crippen molar-refractivity contribution in [2.75, 3.05) is 6.54 Å². The van der Waals surface area contributed by atoms with Gasteiger partial charge in [0, 0.05) is 19.0 Å². The van der Waals surface area contributed by atoms with Crippen molar-refractivity contribution in [2.24, 2.45) is 0 Å². The molecule has 2 rings (SSSR count). The maximum Gasteiger partial charge on any atom is 0.221 e. The van der Waals surface area contributed by atoms with Crippen molar-refractivity contribution in [3.8, 4) is 0 Å². The third kappa shape index (κ3) is 3.66. The maximum atomic E-state index is 11.3. The van der Waals surface area contributed by atoms with E-state index in [9.17, 15) is 4.79 Å². The number of aryl methyl sites for hydroxylation is 1. The van der Waals surface area contributed by atoms with E-state index in [-0.39, 0.29) is 5.91 Å². The zero-order valence-corrected chi connectivity index (χ0v) is 9.45. The number of oxazole rings is 1. The molecule has 0 spiro atoms. The van der Waals surface area contributed by atoms with Gasteiger partial charge in [-0.2, -0.15) is 0 Å². The SMILES string of the molecule is Cc1cnc(CNCCC(=O)NC2CC2)o1. The minimum Gasteiger partial charge on any atom is -0.445 e. The molecule has 0 atom stereocenters. The van der Waals surface area contributed by atoms with Crippen LogP contribution in [-0.4, -0.2) is 23.5 Å². The summed E-state index contributed by atoms with van der Waals surface area (Å²) in [4.78, 5) is 15.4. The zero-order valence-electron chi connectivity index (χ0n) is 9.45. The molecule has 1 heterocycles. The van der Waals surface area contributed by atoms with Crippen molar-refractivity contribution < 1.29 is 9.21 Å². The van der Waals surface area contributed by atoms with Crippen LogP contribution in [0.2, 0.25) is 0 Å². The van der Waals surface area contributed by atoms with Crippen LogP contribution in [-0.2, 0) is 11.3 Å². The van der Waals surface area contributed by atoms with Gasteiger partial charge in [-0.1, -0.05) is 0 Å². The van der Waals surface area contributed by atoms with Crippen molar-refractivity contribution in [2.45, 2.75) is 38.8 Å². The van der Waals surface area contributed by atoms with Crippen LogP contribution < -0.4 is 10.6 Å². The first-order valence-electron chi connectivity index (χ1n) is 5.65. The van der Waals surface area contributed by atoms with Crippen molar-refractivity contribution in [1.29, 1.82) is 0 Å². The number of carbonyl (C=O) groups excluding carboxylic acids is 1. The highest BCUT2D eigenvalue weighted by molar-refractivity contribution is 5.76. The number of amides is 1. The van der Waals surface area contributed by atoms with Gasteiger partial charge >= 0.3 is 0 Å². The van der Waals surface area contributed by atoms with Crippen LogP contribution in [0.4, 0.5) is 0 Å². The number of hydrogen-bond donors (Lipinski definition) is 2. The fourth-order valence-corrected chi connectivity index (χ4v) is 1.41. The Balaban J connectivity index is 1.55. The molecule has 1 saturated carbocycles. The van der Waals surface area contributed by atoms with Crippen molar-refractivity contribution in [3.63, 3.8) is 0 Å². The average molecular weight is 223 g/mol. The molecule has 1 aromatic heterocycles. The summed E-state index contributed by atoms with van der Waals surface area (Å²) in [5, 5.41) is 6.06. The number of carbonyl (C=O) groups is 1. The van der Waals surface area contributed by atoms with Crippen molar-refractivity contribution >= 4 is 5.91 Å². The third-order valence-corrected chi connectivity index (χ3v) is 2.42. The topological polar surface area (TPSA) is 67.2 Å². The molecule has 0 radical (unpaired) electrons. The minimum absolute atomic E-state index is 0.124. The highest BCUT2D eigenvalue weighted by Crippen LogP contribution is 2.18. The van der Waals surface area contributed by atoms with E-state index in [1.165, 1.54) is 0 Å². The fourth-order valence-electron chi connectivity index (χ4n) is 1.41. The number of nitrogens with zero attached hydrogens (tertiary/aromatic N) is 1. The Morgan fingerprint density at radius 1 is 1.62 bits per heavy atom. The van der Waals surface area contributed by atoms with Crippen LogP contribution in [0.5, 0.6) is 0 Å². The van der Waals surface area contributed by atoms with Crippen molar-refractivity contribution in [3.05, 3.63) is 17.8 Å². The Morgan fingerprint density at radius 3 is 3.06 bits per heavy atom. The van der Waals surface area contributed by atoms with Crippen LogP contribution in [0.3, 0.4) is 0 Å². The molecule has 2 N–H and O–H groups in total. The molecule has 0 unspecified atom stereocenters. The lowest BCUT2D eigenvalue weighted by molar-refractivity contribution is -0.121. The van der Waals surface area contributed by atoms with Gasteiger partial charge in [0.1, 0.15) is 5.76 Å². The monoisotopic (exact) mass is 223 g/mol. The molecule has 0 aromatic carbocycles. The largest absolute Gasteiger partial charge is 0.445 e. The molecule has 1 aromatic rings. The molecule has 5 nitrogen and oxygen atoms in total. The van der Waals surface area contributed by atoms with Crippen LogP contribution in [0.25, 0.3) is 0 Å². The highest BCUT2D eigenvalue weighted by atomic mass is 16.4. The second-order valence-electron chi connectivity index (χ2n) is 4.13. The first-order valence-corrected chi connectivity index (χ1v) is 5.65. The lowest BCUT2D eigenvalue weighted by Crippen LogP contribution is -2.29. The standard InChI is InChI=1S/C11H17N3O2/c1-8-6-13-11(16-8)7-12-5-4-10(15)14-9-2-3-9/h6,9,12H,2-5,7H2,1H3,(H,14,15). The molecule has 1 fully saturated rings. The summed E-state index contributed by atoms with van der Waals surface area (Å²) in [5.41, 5.74) is 0. The predicted molar refractivity (Wildman–Crippen MR) is 58.7 cm³/mol. The highest BCUT2D eigenvalue weighted by Gasteiger charge is 2.22. The third-order valence-electron chi connectivity index (χ3n) is 2.42. The zero-order chi connectivity index (χ0) is 11.4. The van der Waals surface area contributed by atoms with Gasteiger partial charge in [0.15, 0.2) is 0 Å². The van der Waals surface area contributed by atoms with Gasteiger partial charge in [0.25, 0.3) is 0 Å². The van der Waals surface area contributed by atoms with E-state index in [0.29, 0.717) is 31.4 Å². The second-order valence-corrected chi connectivity index (χ2v) is 4.13. The molecular formula is C11H17N3O2. The first kappa shape index (κ1) is 11.1. The van der Waals surface area contributed by atoms with Gasteiger partial charge in [-0.25, -0.2) is 4.98 Å². The Kier molecular flexibility index (Phi) is 3.56. The van der Waals surface area contributed by atoms with Gasteiger partial charge < -0.3 is 15.1 Å². The number of rotatable bonds is 6. The maximum absolute atomic E-state index is 11.3. The Labute approximate surface area is 94.6 Å². The second kappa shape index (κ2) is 5.12. The Morgan fingerprint density at radius 2 is 2.44 bits per heavy atom. The van der Waals surface area contributed by atoms with Gasteiger partial charge in [-0.3, -0.25) is 4.79 Å². The van der Waals surface area contributed by atoms with Gasteiger partial charge in [-0.05, 0) is 19.8 Å². The predicted octanol–water partition coefficient (Wildman–Crippen LogP) is 0.741. The van der Waals surface area contributed by atoms with E-state index in [1.54, 1.807) is 6.20 Å². The molecule has 16 heavy (non-hydrogen) atoms. The number of nitrogens with one attached hydrogen (secondary N) is 2. The average Bonchev–Trinajstić information content (AvgIpc) is 2.95. The molecule has 5 heteroatoms. The number of aromatic nitrogens is 1. The van der Waals surface area contributed by atoms with E-state index in [2.05, 4.69) is 15.6 Å². The lowest BCUT2D eigenvalue weighted by atomic mass is 10.4. The molecule has 1 aliphatic carbocycles.